The van der Waals surface area contributed by atoms with Crippen LogP contribution in [-0.2, 0) is 6.42 Å². The van der Waals surface area contributed by atoms with E-state index < -0.39 is 0 Å². The Morgan fingerprint density at radius 2 is 1.82 bits per heavy atom. The van der Waals surface area contributed by atoms with E-state index in [-0.39, 0.29) is 5.82 Å². The standard InChI is InChI=1S/C26H30FN5OS/c1-19-13-16-32(17-14-19)23-18-24(33-22-7-3-2-4-8-22)30-25(29-23)31-26(34)28-15-5-6-20-9-11-21(27)12-10-20/h2-4,7-12,18-19H,5-6,13-17H2,1H3,(H2,28,29,30,31,34). The Balaban J connectivity index is 1.38. The molecule has 0 aliphatic carbocycles. The first-order valence-electron chi connectivity index (χ1n) is 11.7. The van der Waals surface area contributed by atoms with Crippen LogP contribution in [0.1, 0.15) is 31.7 Å². The molecule has 6 nitrogen and oxygen atoms in total. The van der Waals surface area contributed by atoms with Crippen molar-refractivity contribution in [3.05, 3.63) is 72.0 Å². The molecule has 2 aromatic carbocycles. The summed E-state index contributed by atoms with van der Waals surface area (Å²) in [7, 11) is 0. The minimum absolute atomic E-state index is 0.218. The number of rotatable bonds is 8. The number of anilines is 2. The number of ether oxygens (including phenoxy) is 1. The fraction of sp³-hybridized carbons (Fsp3) is 0.346. The van der Waals surface area contributed by atoms with Crippen molar-refractivity contribution in [2.24, 2.45) is 5.92 Å². The van der Waals surface area contributed by atoms with Crippen LogP contribution in [0.2, 0.25) is 0 Å². The van der Waals surface area contributed by atoms with Gasteiger partial charge in [-0.1, -0.05) is 37.3 Å². The molecule has 34 heavy (non-hydrogen) atoms. The highest BCUT2D eigenvalue weighted by molar-refractivity contribution is 7.80. The van der Waals surface area contributed by atoms with E-state index in [1.807, 2.05) is 36.4 Å². The van der Waals surface area contributed by atoms with Crippen LogP contribution in [0.5, 0.6) is 11.6 Å². The molecule has 0 spiro atoms. The van der Waals surface area contributed by atoms with Gasteiger partial charge in [-0.2, -0.15) is 9.97 Å². The van der Waals surface area contributed by atoms with E-state index in [1.165, 1.54) is 12.1 Å². The van der Waals surface area contributed by atoms with Crippen molar-refractivity contribution in [2.75, 3.05) is 29.9 Å². The number of hydrogen-bond acceptors (Lipinski definition) is 5. The maximum absolute atomic E-state index is 13.0. The molecule has 1 saturated heterocycles. The Bertz CT molecular complexity index is 1070. The van der Waals surface area contributed by atoms with Gasteiger partial charge in [0, 0.05) is 25.7 Å². The molecule has 0 atom stereocenters. The van der Waals surface area contributed by atoms with Gasteiger partial charge in [0.1, 0.15) is 17.4 Å². The third-order valence-electron chi connectivity index (χ3n) is 5.83. The molecule has 8 heteroatoms. The summed E-state index contributed by atoms with van der Waals surface area (Å²) in [5, 5.41) is 6.76. The summed E-state index contributed by atoms with van der Waals surface area (Å²) in [6, 6.07) is 18.0. The van der Waals surface area contributed by atoms with Gasteiger partial charge in [-0.25, -0.2) is 4.39 Å². The number of aromatic nitrogens is 2. The zero-order valence-corrected chi connectivity index (χ0v) is 20.2. The van der Waals surface area contributed by atoms with Gasteiger partial charge in [-0.05, 0) is 73.6 Å². The predicted octanol–water partition coefficient (Wildman–Crippen LogP) is 5.56. The quantitative estimate of drug-likeness (QED) is 0.324. The summed E-state index contributed by atoms with van der Waals surface area (Å²) in [6.45, 7) is 4.87. The minimum atomic E-state index is -0.218. The van der Waals surface area contributed by atoms with Crippen LogP contribution in [0.15, 0.2) is 60.7 Å². The van der Waals surface area contributed by atoms with Crippen LogP contribution in [-0.4, -0.2) is 34.7 Å². The Hall–Kier alpha value is -3.26. The smallest absolute Gasteiger partial charge is 0.234 e. The molecule has 178 valence electrons. The molecule has 1 fully saturated rings. The van der Waals surface area contributed by atoms with Crippen molar-refractivity contribution in [3.63, 3.8) is 0 Å². The van der Waals surface area contributed by atoms with Crippen molar-refractivity contribution in [2.45, 2.75) is 32.6 Å². The van der Waals surface area contributed by atoms with Crippen LogP contribution < -0.4 is 20.3 Å². The number of piperidine rings is 1. The summed E-state index contributed by atoms with van der Waals surface area (Å²) in [4.78, 5) is 11.5. The van der Waals surface area contributed by atoms with E-state index in [0.29, 0.717) is 29.2 Å². The number of thiocarbonyl (C=S) groups is 1. The fourth-order valence-corrected chi connectivity index (χ4v) is 4.01. The largest absolute Gasteiger partial charge is 0.439 e. The highest BCUT2D eigenvalue weighted by Crippen LogP contribution is 2.27. The monoisotopic (exact) mass is 479 g/mol. The first-order chi connectivity index (χ1) is 16.5. The van der Waals surface area contributed by atoms with E-state index in [0.717, 1.165) is 56.1 Å². The Morgan fingerprint density at radius 1 is 1.09 bits per heavy atom. The second-order valence-electron chi connectivity index (χ2n) is 8.58. The summed E-state index contributed by atoms with van der Waals surface area (Å²) >= 11 is 5.47. The summed E-state index contributed by atoms with van der Waals surface area (Å²) in [5.74, 6) is 2.92. The molecule has 0 radical (unpaired) electrons. The molecular weight excluding hydrogens is 449 g/mol. The molecule has 2 N–H and O–H groups in total. The van der Waals surface area contributed by atoms with Crippen molar-refractivity contribution < 1.29 is 9.13 Å². The lowest BCUT2D eigenvalue weighted by Crippen LogP contribution is -2.34. The van der Waals surface area contributed by atoms with Crippen LogP contribution >= 0.6 is 12.2 Å². The van der Waals surface area contributed by atoms with Crippen LogP contribution in [0, 0.1) is 11.7 Å². The molecule has 0 saturated carbocycles. The van der Waals surface area contributed by atoms with Crippen molar-refractivity contribution in [1.82, 2.24) is 15.3 Å². The lowest BCUT2D eigenvalue weighted by atomic mass is 9.99. The fourth-order valence-electron chi connectivity index (χ4n) is 3.82. The second-order valence-corrected chi connectivity index (χ2v) is 8.99. The lowest BCUT2D eigenvalue weighted by Gasteiger charge is -2.31. The number of hydrogen-bond donors (Lipinski definition) is 2. The summed E-state index contributed by atoms with van der Waals surface area (Å²) < 4.78 is 19.0. The molecule has 0 amide bonds. The zero-order chi connectivity index (χ0) is 23.8. The normalized spacial score (nSPS) is 14.0. The van der Waals surface area contributed by atoms with Gasteiger partial charge in [0.05, 0.1) is 0 Å². The number of nitrogens with one attached hydrogen (secondary N) is 2. The van der Waals surface area contributed by atoms with Gasteiger partial charge in [0.15, 0.2) is 5.11 Å². The van der Waals surface area contributed by atoms with Crippen LogP contribution in [0.4, 0.5) is 16.2 Å². The van der Waals surface area contributed by atoms with Gasteiger partial charge in [-0.15, -0.1) is 0 Å². The highest BCUT2D eigenvalue weighted by atomic mass is 32.1. The highest BCUT2D eigenvalue weighted by Gasteiger charge is 2.19. The van der Waals surface area contributed by atoms with E-state index in [4.69, 9.17) is 21.9 Å². The molecule has 3 aromatic rings. The molecule has 4 rings (SSSR count). The topological polar surface area (TPSA) is 62.3 Å². The number of aryl methyl sites for hydroxylation is 1. The maximum Gasteiger partial charge on any atom is 0.234 e. The van der Waals surface area contributed by atoms with E-state index in [1.54, 1.807) is 12.1 Å². The minimum Gasteiger partial charge on any atom is -0.439 e. The molecule has 1 aliphatic heterocycles. The maximum atomic E-state index is 13.0. The molecule has 2 heterocycles. The van der Waals surface area contributed by atoms with Gasteiger partial charge >= 0.3 is 0 Å². The van der Waals surface area contributed by atoms with E-state index in [2.05, 4.69) is 27.4 Å². The molecule has 1 aliphatic rings. The molecule has 0 unspecified atom stereocenters. The lowest BCUT2D eigenvalue weighted by molar-refractivity contribution is 0.434. The van der Waals surface area contributed by atoms with Gasteiger partial charge in [0.25, 0.3) is 0 Å². The third kappa shape index (κ3) is 7.12. The second kappa shape index (κ2) is 11.7. The van der Waals surface area contributed by atoms with Crippen LogP contribution in [0.3, 0.4) is 0 Å². The van der Waals surface area contributed by atoms with Gasteiger partial charge in [0.2, 0.25) is 11.8 Å². The number of benzene rings is 2. The van der Waals surface area contributed by atoms with Crippen molar-refractivity contribution >= 4 is 29.1 Å². The summed E-state index contributed by atoms with van der Waals surface area (Å²) in [6.07, 6.45) is 3.97. The van der Waals surface area contributed by atoms with Crippen molar-refractivity contribution in [3.8, 4) is 11.6 Å². The Morgan fingerprint density at radius 3 is 2.56 bits per heavy atom. The van der Waals surface area contributed by atoms with Crippen molar-refractivity contribution in [1.29, 1.82) is 0 Å². The Labute approximate surface area is 205 Å². The molecular formula is C26H30FN5OS. The summed E-state index contributed by atoms with van der Waals surface area (Å²) in [5.41, 5.74) is 1.09. The predicted molar refractivity (Wildman–Crippen MR) is 138 cm³/mol. The zero-order valence-electron chi connectivity index (χ0n) is 19.3. The van der Waals surface area contributed by atoms with Gasteiger partial charge < -0.3 is 20.3 Å². The van der Waals surface area contributed by atoms with Gasteiger partial charge in [-0.3, -0.25) is 0 Å². The Kier molecular flexibility index (Phi) is 8.25. The number of halogens is 1. The van der Waals surface area contributed by atoms with E-state index >= 15 is 0 Å². The first kappa shape index (κ1) is 23.9. The first-order valence-corrected chi connectivity index (χ1v) is 12.1. The SMILES string of the molecule is CC1CCN(c2cc(Oc3ccccc3)nc(NC(=S)NCCCc3ccc(F)cc3)n2)CC1. The third-order valence-corrected chi connectivity index (χ3v) is 6.08. The van der Waals surface area contributed by atoms with Crippen LogP contribution in [0.25, 0.3) is 0 Å². The van der Waals surface area contributed by atoms with E-state index in [9.17, 15) is 4.39 Å². The number of para-hydroxylation sites is 1. The average Bonchev–Trinajstić information content (AvgIpc) is 2.84. The number of nitrogens with zero attached hydrogens (tertiary/aromatic N) is 3. The molecule has 0 bridgehead atoms. The average molecular weight is 480 g/mol. The molecule has 1 aromatic heterocycles.